The van der Waals surface area contributed by atoms with Crippen LogP contribution in [0.5, 0.6) is 5.75 Å². The predicted molar refractivity (Wildman–Crippen MR) is 80.2 cm³/mol. The number of aryl methyl sites for hydroxylation is 1. The van der Waals surface area contributed by atoms with Crippen LogP contribution in [-0.4, -0.2) is 29.4 Å². The fourth-order valence-corrected chi connectivity index (χ4v) is 3.87. The van der Waals surface area contributed by atoms with Gasteiger partial charge < -0.3 is 10.1 Å². The summed E-state index contributed by atoms with van der Waals surface area (Å²) in [6.45, 7) is 3.12. The fourth-order valence-electron chi connectivity index (χ4n) is 2.79. The van der Waals surface area contributed by atoms with Crippen molar-refractivity contribution in [3.63, 3.8) is 0 Å². The molecule has 3 nitrogen and oxygen atoms in total. The summed E-state index contributed by atoms with van der Waals surface area (Å²) >= 11 is 0. The zero-order chi connectivity index (χ0) is 13.8. The van der Waals surface area contributed by atoms with E-state index in [9.17, 15) is 4.21 Å². The largest absolute Gasteiger partial charge is 0.497 e. The Balaban J connectivity index is 2.32. The quantitative estimate of drug-likeness (QED) is 0.901. The average molecular weight is 281 g/mol. The smallest absolute Gasteiger partial charge is 0.119 e. The van der Waals surface area contributed by atoms with Crippen molar-refractivity contribution in [2.45, 2.75) is 37.5 Å². The van der Waals surface area contributed by atoms with Gasteiger partial charge in [0.25, 0.3) is 0 Å². The molecule has 3 unspecified atom stereocenters. The number of hydrogen-bond donors (Lipinski definition) is 1. The van der Waals surface area contributed by atoms with E-state index in [0.29, 0.717) is 0 Å². The molecule has 4 heteroatoms. The molecule has 0 amide bonds. The van der Waals surface area contributed by atoms with Gasteiger partial charge in [-0.25, -0.2) is 0 Å². The van der Waals surface area contributed by atoms with Gasteiger partial charge in [0.1, 0.15) is 5.75 Å². The summed E-state index contributed by atoms with van der Waals surface area (Å²) in [5, 5.41) is 3.78. The van der Waals surface area contributed by atoms with Gasteiger partial charge in [0.05, 0.1) is 12.4 Å². The van der Waals surface area contributed by atoms with Gasteiger partial charge in [0, 0.05) is 23.1 Å². The molecule has 0 aromatic heterocycles. The van der Waals surface area contributed by atoms with Gasteiger partial charge in [-0.2, -0.15) is 0 Å². The maximum Gasteiger partial charge on any atom is 0.119 e. The van der Waals surface area contributed by atoms with E-state index in [-0.39, 0.29) is 11.3 Å². The standard InChI is InChI=1S/C15H23NO2S/c1-4-9-16-15-13-7-6-12(18-2)10-11(13)5-8-14(15)19(3)17/h6-7,10,14-16H,4-5,8-9H2,1-3H3. The Hall–Kier alpha value is -0.870. The summed E-state index contributed by atoms with van der Waals surface area (Å²) in [7, 11) is 0.902. The monoisotopic (exact) mass is 281 g/mol. The van der Waals surface area contributed by atoms with Crippen molar-refractivity contribution in [2.24, 2.45) is 0 Å². The van der Waals surface area contributed by atoms with Crippen LogP contribution in [0.25, 0.3) is 0 Å². The number of rotatable bonds is 5. The molecule has 0 aliphatic heterocycles. The molecule has 0 radical (unpaired) electrons. The van der Waals surface area contributed by atoms with Crippen molar-refractivity contribution in [2.75, 3.05) is 19.9 Å². The fraction of sp³-hybridized carbons (Fsp3) is 0.600. The van der Waals surface area contributed by atoms with Crippen LogP contribution in [0, 0.1) is 0 Å². The Morgan fingerprint density at radius 3 is 2.89 bits per heavy atom. The topological polar surface area (TPSA) is 38.3 Å². The lowest BCUT2D eigenvalue weighted by atomic mass is 9.87. The third-order valence-electron chi connectivity index (χ3n) is 3.80. The normalized spacial score (nSPS) is 23.7. The van der Waals surface area contributed by atoms with E-state index in [1.165, 1.54) is 11.1 Å². The molecular formula is C15H23NO2S. The van der Waals surface area contributed by atoms with Crippen molar-refractivity contribution in [3.8, 4) is 5.75 Å². The summed E-state index contributed by atoms with van der Waals surface area (Å²) in [5.41, 5.74) is 2.62. The minimum atomic E-state index is -0.794. The molecule has 0 fully saturated rings. The van der Waals surface area contributed by atoms with Gasteiger partial charge in [0.15, 0.2) is 0 Å². The van der Waals surface area contributed by atoms with Crippen molar-refractivity contribution in [3.05, 3.63) is 29.3 Å². The second-order valence-electron chi connectivity index (χ2n) is 5.07. The van der Waals surface area contributed by atoms with Crippen LogP contribution in [0.1, 0.15) is 36.9 Å². The minimum Gasteiger partial charge on any atom is -0.497 e. The highest BCUT2D eigenvalue weighted by Crippen LogP contribution is 2.34. The summed E-state index contributed by atoms with van der Waals surface area (Å²) < 4.78 is 17.2. The first-order chi connectivity index (χ1) is 9.17. The first-order valence-corrected chi connectivity index (χ1v) is 8.52. The van der Waals surface area contributed by atoms with Crippen LogP contribution in [0.4, 0.5) is 0 Å². The van der Waals surface area contributed by atoms with E-state index in [1.54, 1.807) is 7.11 Å². The van der Waals surface area contributed by atoms with Crippen molar-refractivity contribution < 1.29 is 8.95 Å². The van der Waals surface area contributed by atoms with Crippen LogP contribution in [-0.2, 0) is 17.2 Å². The third kappa shape index (κ3) is 3.18. The van der Waals surface area contributed by atoms with E-state index >= 15 is 0 Å². The molecule has 0 bridgehead atoms. The number of benzene rings is 1. The van der Waals surface area contributed by atoms with E-state index in [1.807, 2.05) is 12.3 Å². The Morgan fingerprint density at radius 1 is 1.47 bits per heavy atom. The molecule has 1 N–H and O–H groups in total. The summed E-state index contributed by atoms with van der Waals surface area (Å²) in [5.74, 6) is 0.907. The molecule has 0 heterocycles. The maximum atomic E-state index is 12.0. The Labute approximate surface area is 118 Å². The van der Waals surface area contributed by atoms with Gasteiger partial charge in [-0.15, -0.1) is 0 Å². The second-order valence-corrected chi connectivity index (χ2v) is 6.67. The van der Waals surface area contributed by atoms with E-state index in [2.05, 4.69) is 24.4 Å². The Kier molecular flexibility index (Phi) is 4.99. The molecule has 2 rings (SSSR count). The van der Waals surface area contributed by atoms with E-state index < -0.39 is 10.8 Å². The minimum absolute atomic E-state index is 0.209. The van der Waals surface area contributed by atoms with Crippen LogP contribution in [0.3, 0.4) is 0 Å². The SMILES string of the molecule is CCCNC1c2ccc(OC)cc2CCC1S(C)=O. The van der Waals surface area contributed by atoms with Crippen molar-refractivity contribution in [1.82, 2.24) is 5.32 Å². The van der Waals surface area contributed by atoms with Gasteiger partial charge in [-0.1, -0.05) is 13.0 Å². The predicted octanol–water partition coefficient (Wildman–Crippen LogP) is 2.43. The molecular weight excluding hydrogens is 258 g/mol. The second kappa shape index (κ2) is 6.53. The summed E-state index contributed by atoms with van der Waals surface area (Å²) in [6.07, 6.45) is 4.87. The third-order valence-corrected chi connectivity index (χ3v) is 5.16. The highest BCUT2D eigenvalue weighted by molar-refractivity contribution is 7.84. The molecule has 0 saturated carbocycles. The van der Waals surface area contributed by atoms with Crippen LogP contribution in [0.15, 0.2) is 18.2 Å². The molecule has 1 aliphatic carbocycles. The summed E-state index contributed by atoms with van der Waals surface area (Å²) in [4.78, 5) is 0. The van der Waals surface area contributed by atoms with Gasteiger partial charge in [-0.3, -0.25) is 4.21 Å². The number of nitrogens with one attached hydrogen (secondary N) is 1. The zero-order valence-electron chi connectivity index (χ0n) is 11.9. The zero-order valence-corrected chi connectivity index (χ0v) is 12.8. The summed E-state index contributed by atoms with van der Waals surface area (Å²) in [6, 6.07) is 6.45. The van der Waals surface area contributed by atoms with E-state index in [0.717, 1.165) is 31.6 Å². The molecule has 1 aliphatic rings. The van der Waals surface area contributed by atoms with Crippen molar-refractivity contribution >= 4 is 10.8 Å². The number of ether oxygens (including phenoxy) is 1. The molecule has 3 atom stereocenters. The van der Waals surface area contributed by atoms with Gasteiger partial charge in [0.2, 0.25) is 0 Å². The van der Waals surface area contributed by atoms with Gasteiger partial charge >= 0.3 is 0 Å². The van der Waals surface area contributed by atoms with Crippen LogP contribution < -0.4 is 10.1 Å². The van der Waals surface area contributed by atoms with E-state index in [4.69, 9.17) is 4.74 Å². The molecule has 1 aromatic carbocycles. The average Bonchev–Trinajstić information content (AvgIpc) is 2.43. The maximum absolute atomic E-state index is 12.0. The lowest BCUT2D eigenvalue weighted by Crippen LogP contribution is -2.38. The molecule has 1 aromatic rings. The number of methoxy groups -OCH3 is 1. The number of hydrogen-bond acceptors (Lipinski definition) is 3. The molecule has 0 spiro atoms. The highest BCUT2D eigenvalue weighted by Gasteiger charge is 2.31. The lowest BCUT2D eigenvalue weighted by molar-refractivity contribution is 0.411. The first kappa shape index (κ1) is 14.5. The lowest BCUT2D eigenvalue weighted by Gasteiger charge is -2.33. The Bertz CT molecular complexity index is 461. The number of fused-ring (bicyclic) bond motifs is 1. The molecule has 19 heavy (non-hydrogen) atoms. The van der Waals surface area contributed by atoms with Gasteiger partial charge in [-0.05, 0) is 49.1 Å². The Morgan fingerprint density at radius 2 is 2.26 bits per heavy atom. The van der Waals surface area contributed by atoms with Crippen LogP contribution >= 0.6 is 0 Å². The van der Waals surface area contributed by atoms with Crippen LogP contribution in [0.2, 0.25) is 0 Å². The highest BCUT2D eigenvalue weighted by atomic mass is 32.2. The van der Waals surface area contributed by atoms with Crippen molar-refractivity contribution in [1.29, 1.82) is 0 Å². The molecule has 106 valence electrons. The first-order valence-electron chi connectivity index (χ1n) is 6.89. The molecule has 0 saturated heterocycles.